The fourth-order valence-corrected chi connectivity index (χ4v) is 4.29. The standard InChI is InChI=1S/C16H11F9O6/c1-3(14(17,18)19)10(26)29-8-5-2-4-6(11(27)30-9(4)8)7(5)12(28)31-13(15(20,21)22)16(23,24)25/h4-9,13H,1-2H2. The van der Waals surface area contributed by atoms with Crippen LogP contribution >= 0.6 is 0 Å². The molecule has 1 aliphatic heterocycles. The van der Waals surface area contributed by atoms with Crippen molar-refractivity contribution in [3.8, 4) is 0 Å². The van der Waals surface area contributed by atoms with Crippen LogP contribution in [-0.4, -0.2) is 54.7 Å². The molecule has 2 aliphatic carbocycles. The second-order valence-corrected chi connectivity index (χ2v) is 7.26. The summed E-state index contributed by atoms with van der Waals surface area (Å²) in [4.78, 5) is 35.9. The van der Waals surface area contributed by atoms with Gasteiger partial charge in [-0.3, -0.25) is 9.59 Å². The summed E-state index contributed by atoms with van der Waals surface area (Å²) in [7, 11) is 0. The van der Waals surface area contributed by atoms with Crippen LogP contribution in [0.5, 0.6) is 0 Å². The average Bonchev–Trinajstić information content (AvgIpc) is 3.19. The third-order valence-corrected chi connectivity index (χ3v) is 5.48. The summed E-state index contributed by atoms with van der Waals surface area (Å²) < 4.78 is 127. The number of carbonyl (C=O) groups is 3. The maximum absolute atomic E-state index is 12.7. The van der Waals surface area contributed by atoms with Crippen LogP contribution in [0, 0.1) is 23.7 Å². The zero-order valence-electron chi connectivity index (χ0n) is 14.8. The van der Waals surface area contributed by atoms with Crippen molar-refractivity contribution in [1.29, 1.82) is 0 Å². The molecule has 3 fully saturated rings. The molecule has 15 heteroatoms. The van der Waals surface area contributed by atoms with E-state index in [0.29, 0.717) is 0 Å². The van der Waals surface area contributed by atoms with E-state index in [1.54, 1.807) is 0 Å². The highest BCUT2D eigenvalue weighted by molar-refractivity contribution is 5.90. The topological polar surface area (TPSA) is 78.9 Å². The molecule has 174 valence electrons. The molecule has 1 heterocycles. The fraction of sp³-hybridized carbons (Fsp3) is 0.688. The van der Waals surface area contributed by atoms with Crippen LogP contribution in [0.4, 0.5) is 39.5 Å². The van der Waals surface area contributed by atoms with Crippen LogP contribution in [-0.2, 0) is 28.6 Å². The quantitative estimate of drug-likeness (QED) is 0.272. The molecule has 0 aromatic heterocycles. The van der Waals surface area contributed by atoms with Gasteiger partial charge in [-0.2, -0.15) is 39.5 Å². The van der Waals surface area contributed by atoms with E-state index in [1.807, 2.05) is 0 Å². The van der Waals surface area contributed by atoms with Gasteiger partial charge < -0.3 is 14.2 Å². The summed E-state index contributed by atoms with van der Waals surface area (Å²) >= 11 is 0. The van der Waals surface area contributed by atoms with Crippen molar-refractivity contribution in [2.75, 3.05) is 0 Å². The summed E-state index contributed by atoms with van der Waals surface area (Å²) in [5.74, 6) is -10.9. The largest absolute Gasteiger partial charge is 0.458 e. The van der Waals surface area contributed by atoms with Gasteiger partial charge in [0.2, 0.25) is 0 Å². The van der Waals surface area contributed by atoms with Gasteiger partial charge in [0.25, 0.3) is 6.10 Å². The highest BCUT2D eigenvalue weighted by Gasteiger charge is 2.71. The molecule has 0 aromatic carbocycles. The fourth-order valence-electron chi connectivity index (χ4n) is 4.29. The smallest absolute Gasteiger partial charge is 0.434 e. The highest BCUT2D eigenvalue weighted by Crippen LogP contribution is 2.59. The first-order valence-corrected chi connectivity index (χ1v) is 8.46. The Morgan fingerprint density at radius 2 is 1.55 bits per heavy atom. The van der Waals surface area contributed by atoms with E-state index in [4.69, 9.17) is 4.74 Å². The molecular formula is C16H11F9O6. The van der Waals surface area contributed by atoms with Crippen LogP contribution in [0.1, 0.15) is 6.42 Å². The van der Waals surface area contributed by atoms with E-state index in [-0.39, 0.29) is 6.42 Å². The SMILES string of the molecule is C=C(C(=O)OC1C2CC3C1OC(=O)C3C2C(=O)OC(C(F)(F)F)C(F)(F)F)C(F)(F)F. The second-order valence-electron chi connectivity index (χ2n) is 7.26. The number of hydrogen-bond acceptors (Lipinski definition) is 6. The predicted octanol–water partition coefficient (Wildman–Crippen LogP) is 2.86. The van der Waals surface area contributed by atoms with E-state index in [0.717, 1.165) is 0 Å². The number of alkyl halides is 9. The molecule has 0 amide bonds. The van der Waals surface area contributed by atoms with Crippen LogP contribution in [0.2, 0.25) is 0 Å². The molecule has 6 atom stereocenters. The Morgan fingerprint density at radius 1 is 1.00 bits per heavy atom. The summed E-state index contributed by atoms with van der Waals surface area (Å²) in [6.45, 7) is 2.50. The number of hydrogen-bond donors (Lipinski definition) is 0. The average molecular weight is 470 g/mol. The lowest BCUT2D eigenvalue weighted by atomic mass is 9.78. The molecule has 6 nitrogen and oxygen atoms in total. The van der Waals surface area contributed by atoms with Crippen molar-refractivity contribution in [2.24, 2.45) is 23.7 Å². The third-order valence-electron chi connectivity index (χ3n) is 5.48. The minimum atomic E-state index is -6.01. The van der Waals surface area contributed by atoms with Crippen molar-refractivity contribution in [3.63, 3.8) is 0 Å². The number of halogens is 9. The van der Waals surface area contributed by atoms with E-state index in [1.165, 1.54) is 0 Å². The lowest BCUT2D eigenvalue weighted by Gasteiger charge is -2.32. The number of carbonyl (C=O) groups excluding carboxylic acids is 3. The van der Waals surface area contributed by atoms with Crippen LogP contribution in [0.3, 0.4) is 0 Å². The van der Waals surface area contributed by atoms with E-state index in [9.17, 15) is 53.9 Å². The minimum absolute atomic E-state index is 0.222. The van der Waals surface area contributed by atoms with Crippen LogP contribution < -0.4 is 0 Å². The summed E-state index contributed by atoms with van der Waals surface area (Å²) in [6.07, 6.45) is -24.9. The number of fused-ring (bicyclic) bond motifs is 1. The molecule has 0 aromatic rings. The van der Waals surface area contributed by atoms with Gasteiger partial charge in [-0.15, -0.1) is 0 Å². The second kappa shape index (κ2) is 7.02. The number of esters is 3. The van der Waals surface area contributed by atoms with Crippen molar-refractivity contribution in [1.82, 2.24) is 0 Å². The predicted molar refractivity (Wildman–Crippen MR) is 75.5 cm³/mol. The zero-order valence-corrected chi connectivity index (χ0v) is 14.8. The first-order chi connectivity index (χ1) is 13.9. The van der Waals surface area contributed by atoms with Gasteiger partial charge in [0.1, 0.15) is 17.8 Å². The molecule has 2 bridgehead atoms. The molecular weight excluding hydrogens is 459 g/mol. The van der Waals surface area contributed by atoms with Gasteiger partial charge in [-0.25, -0.2) is 4.79 Å². The van der Waals surface area contributed by atoms with Gasteiger partial charge in [0.05, 0.1) is 11.8 Å². The highest BCUT2D eigenvalue weighted by atomic mass is 19.4. The third kappa shape index (κ3) is 3.93. The van der Waals surface area contributed by atoms with Crippen LogP contribution in [0.25, 0.3) is 0 Å². The van der Waals surface area contributed by atoms with Crippen molar-refractivity contribution in [2.45, 2.75) is 43.3 Å². The molecule has 31 heavy (non-hydrogen) atoms. The van der Waals surface area contributed by atoms with Gasteiger partial charge in [-0.1, -0.05) is 6.58 Å². The first-order valence-electron chi connectivity index (χ1n) is 8.46. The number of rotatable bonds is 4. The van der Waals surface area contributed by atoms with Gasteiger partial charge >= 0.3 is 36.4 Å². The molecule has 3 rings (SSSR count). The molecule has 0 N–H and O–H groups in total. The summed E-state index contributed by atoms with van der Waals surface area (Å²) in [5.41, 5.74) is -1.94. The minimum Gasteiger partial charge on any atom is -0.458 e. The maximum Gasteiger partial charge on any atom is 0.434 e. The van der Waals surface area contributed by atoms with Gasteiger partial charge in [-0.05, 0) is 6.42 Å². The van der Waals surface area contributed by atoms with E-state index in [2.05, 4.69) is 16.1 Å². The Balaban J connectivity index is 1.84. The van der Waals surface area contributed by atoms with Gasteiger partial charge in [0.15, 0.2) is 0 Å². The molecule has 6 unspecified atom stereocenters. The Labute approximate surface area is 166 Å². The number of ether oxygens (including phenoxy) is 3. The normalized spacial score (nSPS) is 32.3. The first kappa shape index (κ1) is 23.2. The molecule has 0 spiro atoms. The molecule has 2 saturated carbocycles. The van der Waals surface area contributed by atoms with Crippen molar-refractivity contribution < 1.29 is 68.1 Å². The lowest BCUT2D eigenvalue weighted by molar-refractivity contribution is -0.315. The van der Waals surface area contributed by atoms with E-state index >= 15 is 0 Å². The van der Waals surface area contributed by atoms with Crippen LogP contribution in [0.15, 0.2) is 12.2 Å². The van der Waals surface area contributed by atoms with Gasteiger partial charge in [0, 0.05) is 11.8 Å². The molecule has 0 radical (unpaired) electrons. The van der Waals surface area contributed by atoms with Crippen molar-refractivity contribution in [3.05, 3.63) is 12.2 Å². The lowest BCUT2D eigenvalue weighted by Crippen LogP contribution is -2.49. The molecule has 1 saturated heterocycles. The zero-order chi connectivity index (χ0) is 23.7. The Kier molecular flexibility index (Phi) is 5.25. The van der Waals surface area contributed by atoms with E-state index < -0.39 is 84.0 Å². The summed E-state index contributed by atoms with van der Waals surface area (Å²) in [5, 5.41) is 0. The molecule has 3 aliphatic rings. The Bertz CT molecular complexity index is 800. The Hall–Kier alpha value is -2.48. The maximum atomic E-state index is 12.7. The van der Waals surface area contributed by atoms with Crippen molar-refractivity contribution >= 4 is 17.9 Å². The summed E-state index contributed by atoms with van der Waals surface area (Å²) in [6, 6.07) is 0. The Morgan fingerprint density at radius 3 is 2.03 bits per heavy atom. The monoisotopic (exact) mass is 470 g/mol.